The van der Waals surface area contributed by atoms with E-state index in [0.717, 1.165) is 32.8 Å². The molecule has 0 N–H and O–H groups in total. The number of nitrogens with zero attached hydrogens (tertiary/aromatic N) is 2. The molecule has 4 heteroatoms. The summed E-state index contributed by atoms with van der Waals surface area (Å²) < 4.78 is 0. The van der Waals surface area contributed by atoms with Crippen LogP contribution in [0.3, 0.4) is 0 Å². The van der Waals surface area contributed by atoms with Gasteiger partial charge in [-0.05, 0) is 24.3 Å². The standard InChI is InChI=1S/C16H8Cl2N2/c17-11-7-5-10-9(15(11)18)6-8-14-16(10)20-13-4-2-1-3-12(13)19-14/h1-8H. The Hall–Kier alpha value is -1.90. The molecule has 0 aliphatic carbocycles. The van der Waals surface area contributed by atoms with Crippen LogP contribution >= 0.6 is 23.2 Å². The topological polar surface area (TPSA) is 25.8 Å². The van der Waals surface area contributed by atoms with E-state index < -0.39 is 0 Å². The van der Waals surface area contributed by atoms with E-state index in [1.165, 1.54) is 0 Å². The average Bonchev–Trinajstić information content (AvgIpc) is 2.48. The largest absolute Gasteiger partial charge is 0.244 e. The lowest BCUT2D eigenvalue weighted by atomic mass is 10.1. The van der Waals surface area contributed by atoms with Crippen molar-refractivity contribution in [2.24, 2.45) is 0 Å². The third-order valence-corrected chi connectivity index (χ3v) is 4.21. The molecule has 0 saturated carbocycles. The van der Waals surface area contributed by atoms with Crippen molar-refractivity contribution in [3.8, 4) is 0 Å². The minimum Gasteiger partial charge on any atom is -0.244 e. The van der Waals surface area contributed by atoms with Crippen molar-refractivity contribution in [3.05, 3.63) is 58.6 Å². The summed E-state index contributed by atoms with van der Waals surface area (Å²) in [5.41, 5.74) is 3.47. The van der Waals surface area contributed by atoms with E-state index in [-0.39, 0.29) is 0 Å². The van der Waals surface area contributed by atoms with Crippen LogP contribution in [0.15, 0.2) is 48.5 Å². The minimum absolute atomic E-state index is 0.548. The highest BCUT2D eigenvalue weighted by atomic mass is 35.5. The molecule has 0 fully saturated rings. The van der Waals surface area contributed by atoms with Gasteiger partial charge < -0.3 is 0 Å². The number of rotatable bonds is 0. The predicted molar refractivity (Wildman–Crippen MR) is 84.6 cm³/mol. The molecule has 0 bridgehead atoms. The Morgan fingerprint density at radius 2 is 1.35 bits per heavy atom. The van der Waals surface area contributed by atoms with Crippen molar-refractivity contribution < 1.29 is 0 Å². The number of benzene rings is 3. The van der Waals surface area contributed by atoms with Crippen LogP contribution in [0, 0.1) is 0 Å². The Morgan fingerprint density at radius 3 is 2.15 bits per heavy atom. The average molecular weight is 299 g/mol. The van der Waals surface area contributed by atoms with Crippen molar-refractivity contribution in [1.29, 1.82) is 0 Å². The summed E-state index contributed by atoms with van der Waals surface area (Å²) in [5, 5.41) is 2.97. The maximum absolute atomic E-state index is 6.26. The maximum atomic E-state index is 6.26. The minimum atomic E-state index is 0.548. The smallest absolute Gasteiger partial charge is 0.0973 e. The monoisotopic (exact) mass is 298 g/mol. The van der Waals surface area contributed by atoms with Gasteiger partial charge in [0.1, 0.15) is 0 Å². The van der Waals surface area contributed by atoms with E-state index in [1.54, 1.807) is 6.07 Å². The number of fused-ring (bicyclic) bond motifs is 4. The molecule has 2 nitrogen and oxygen atoms in total. The highest BCUT2D eigenvalue weighted by molar-refractivity contribution is 6.45. The molecule has 96 valence electrons. The fourth-order valence-corrected chi connectivity index (χ4v) is 2.82. The van der Waals surface area contributed by atoms with Crippen LogP contribution in [0.5, 0.6) is 0 Å². The van der Waals surface area contributed by atoms with E-state index in [4.69, 9.17) is 28.2 Å². The first kappa shape index (κ1) is 11.9. The van der Waals surface area contributed by atoms with Crippen molar-refractivity contribution in [1.82, 2.24) is 9.97 Å². The highest BCUT2D eigenvalue weighted by Gasteiger charge is 2.09. The van der Waals surface area contributed by atoms with Crippen molar-refractivity contribution in [2.45, 2.75) is 0 Å². The molecule has 0 spiro atoms. The van der Waals surface area contributed by atoms with Crippen molar-refractivity contribution in [2.75, 3.05) is 0 Å². The molecule has 1 heterocycles. The Kier molecular flexibility index (Phi) is 2.56. The van der Waals surface area contributed by atoms with Gasteiger partial charge in [-0.25, -0.2) is 9.97 Å². The lowest BCUT2D eigenvalue weighted by Crippen LogP contribution is -1.89. The van der Waals surface area contributed by atoms with Crippen LogP contribution in [-0.4, -0.2) is 9.97 Å². The van der Waals surface area contributed by atoms with Crippen LogP contribution in [0.2, 0.25) is 10.0 Å². The predicted octanol–water partition coefficient (Wildman–Crippen LogP) is 5.24. The van der Waals surface area contributed by atoms with Gasteiger partial charge >= 0.3 is 0 Å². The molecule has 0 aliphatic heterocycles. The molecule has 0 unspecified atom stereocenters. The molecular weight excluding hydrogens is 291 g/mol. The number of halogens is 2. The zero-order valence-electron chi connectivity index (χ0n) is 10.3. The highest BCUT2D eigenvalue weighted by Crippen LogP contribution is 2.34. The maximum Gasteiger partial charge on any atom is 0.0973 e. The molecule has 0 amide bonds. The van der Waals surface area contributed by atoms with Gasteiger partial charge in [-0.3, -0.25) is 0 Å². The first-order valence-electron chi connectivity index (χ1n) is 6.17. The van der Waals surface area contributed by atoms with Gasteiger partial charge in [-0.2, -0.15) is 0 Å². The molecule has 0 radical (unpaired) electrons. The summed E-state index contributed by atoms with van der Waals surface area (Å²) >= 11 is 12.3. The molecule has 1 aromatic heterocycles. The zero-order chi connectivity index (χ0) is 13.7. The van der Waals surface area contributed by atoms with E-state index in [0.29, 0.717) is 10.0 Å². The SMILES string of the molecule is Clc1ccc2c(ccc3nc4ccccc4nc32)c1Cl. The summed E-state index contributed by atoms with van der Waals surface area (Å²) in [4.78, 5) is 9.35. The second-order valence-electron chi connectivity index (χ2n) is 4.60. The third kappa shape index (κ3) is 1.65. The lowest BCUT2D eigenvalue weighted by molar-refractivity contribution is 1.41. The fourth-order valence-electron chi connectivity index (χ4n) is 2.43. The van der Waals surface area contributed by atoms with E-state index in [9.17, 15) is 0 Å². The molecule has 20 heavy (non-hydrogen) atoms. The summed E-state index contributed by atoms with van der Waals surface area (Å²) in [5.74, 6) is 0. The second kappa shape index (κ2) is 4.30. The summed E-state index contributed by atoms with van der Waals surface area (Å²) in [6, 6.07) is 15.4. The number of aromatic nitrogens is 2. The van der Waals surface area contributed by atoms with Gasteiger partial charge in [0, 0.05) is 10.8 Å². The molecule has 3 aromatic carbocycles. The quantitative estimate of drug-likeness (QED) is 0.327. The lowest BCUT2D eigenvalue weighted by Gasteiger charge is -2.07. The Morgan fingerprint density at radius 1 is 0.650 bits per heavy atom. The first-order chi connectivity index (χ1) is 9.74. The third-order valence-electron chi connectivity index (χ3n) is 3.39. The summed E-state index contributed by atoms with van der Waals surface area (Å²) in [6.07, 6.45) is 0. The molecule has 0 atom stereocenters. The van der Waals surface area contributed by atoms with Crippen LogP contribution < -0.4 is 0 Å². The Balaban J connectivity index is 2.24. The molecular formula is C16H8Cl2N2. The van der Waals surface area contributed by atoms with E-state index in [1.807, 2.05) is 42.5 Å². The number of hydrogen-bond donors (Lipinski definition) is 0. The van der Waals surface area contributed by atoms with Gasteiger partial charge in [-0.1, -0.05) is 47.5 Å². The van der Waals surface area contributed by atoms with Crippen LogP contribution in [0.4, 0.5) is 0 Å². The van der Waals surface area contributed by atoms with Crippen molar-refractivity contribution in [3.63, 3.8) is 0 Å². The molecule has 4 aromatic rings. The molecule has 0 saturated heterocycles. The van der Waals surface area contributed by atoms with Gasteiger partial charge in [0.15, 0.2) is 0 Å². The van der Waals surface area contributed by atoms with E-state index >= 15 is 0 Å². The van der Waals surface area contributed by atoms with Gasteiger partial charge in [0.05, 0.1) is 32.1 Å². The van der Waals surface area contributed by atoms with Crippen LogP contribution in [0.25, 0.3) is 32.8 Å². The zero-order valence-corrected chi connectivity index (χ0v) is 11.8. The van der Waals surface area contributed by atoms with Crippen molar-refractivity contribution >= 4 is 56.0 Å². The normalized spacial score (nSPS) is 11.5. The van der Waals surface area contributed by atoms with Gasteiger partial charge in [0.2, 0.25) is 0 Å². The second-order valence-corrected chi connectivity index (χ2v) is 5.39. The van der Waals surface area contributed by atoms with Gasteiger partial charge in [0.25, 0.3) is 0 Å². The summed E-state index contributed by atoms with van der Waals surface area (Å²) in [6.45, 7) is 0. The van der Waals surface area contributed by atoms with Crippen LogP contribution in [0.1, 0.15) is 0 Å². The molecule has 4 rings (SSSR count). The Bertz CT molecular complexity index is 980. The first-order valence-corrected chi connectivity index (χ1v) is 6.93. The van der Waals surface area contributed by atoms with E-state index in [2.05, 4.69) is 4.98 Å². The Labute approximate surface area is 125 Å². The molecule has 0 aliphatic rings. The number of para-hydroxylation sites is 2. The van der Waals surface area contributed by atoms with Gasteiger partial charge in [-0.15, -0.1) is 0 Å². The number of hydrogen-bond acceptors (Lipinski definition) is 2. The van der Waals surface area contributed by atoms with Crippen LogP contribution in [-0.2, 0) is 0 Å². The summed E-state index contributed by atoms with van der Waals surface area (Å²) in [7, 11) is 0. The fraction of sp³-hybridized carbons (Fsp3) is 0.